The first kappa shape index (κ1) is 22.4. The summed E-state index contributed by atoms with van der Waals surface area (Å²) < 4.78 is 12.9. The van der Waals surface area contributed by atoms with Gasteiger partial charge in [-0.15, -0.1) is 10.2 Å². The molecule has 7 nitrogen and oxygen atoms in total. The molecule has 1 amide bonds. The number of carbonyl (C=O) groups excluding carboxylic acids is 1. The number of halogens is 1. The van der Waals surface area contributed by atoms with Crippen LogP contribution in [0.4, 0.5) is 5.69 Å². The lowest BCUT2D eigenvalue weighted by molar-refractivity contribution is -0.120. The van der Waals surface area contributed by atoms with E-state index in [4.69, 9.17) is 21.1 Å². The number of aromatic nitrogens is 1. The second-order valence-electron chi connectivity index (χ2n) is 7.19. The molecule has 3 aromatic carbocycles. The first-order chi connectivity index (χ1) is 16.1. The lowest BCUT2D eigenvalue weighted by Crippen LogP contribution is -2.07. The van der Waals surface area contributed by atoms with Crippen molar-refractivity contribution in [3.63, 3.8) is 0 Å². The maximum Gasteiger partial charge on any atom is 0.302 e. The highest BCUT2D eigenvalue weighted by Gasteiger charge is 2.16. The normalized spacial score (nSPS) is 11.2. The van der Waals surface area contributed by atoms with E-state index in [9.17, 15) is 9.90 Å². The average Bonchev–Trinajstić information content (AvgIpc) is 3.11. The summed E-state index contributed by atoms with van der Waals surface area (Å²) in [7, 11) is 0. The maximum absolute atomic E-state index is 12.1. The number of hydrogen-bond acceptors (Lipinski definition) is 5. The van der Waals surface area contributed by atoms with Crippen LogP contribution in [0.5, 0.6) is 17.4 Å². The first-order valence-electron chi connectivity index (χ1n) is 10.4. The van der Waals surface area contributed by atoms with Crippen LogP contribution in [0.25, 0.3) is 10.9 Å². The molecule has 33 heavy (non-hydrogen) atoms. The second-order valence-corrected chi connectivity index (χ2v) is 7.63. The minimum absolute atomic E-state index is 0.0499. The molecule has 0 unspecified atom stereocenters. The molecule has 1 heterocycles. The van der Waals surface area contributed by atoms with Crippen LogP contribution in [0.3, 0.4) is 0 Å². The van der Waals surface area contributed by atoms with E-state index in [2.05, 4.69) is 10.2 Å². The predicted molar refractivity (Wildman–Crippen MR) is 127 cm³/mol. The SMILES string of the molecule is O=C(COc1ccc(Cl)cc1)N=Nc1c(O)n(CCCOc2ccccc2)c2ccccc12. The van der Waals surface area contributed by atoms with Gasteiger partial charge in [0.2, 0.25) is 5.88 Å². The van der Waals surface area contributed by atoms with E-state index in [-0.39, 0.29) is 18.2 Å². The number of azo groups is 1. The van der Waals surface area contributed by atoms with E-state index in [1.165, 1.54) is 0 Å². The summed E-state index contributed by atoms with van der Waals surface area (Å²) in [5.74, 6) is 0.677. The van der Waals surface area contributed by atoms with Crippen LogP contribution in [0.15, 0.2) is 89.1 Å². The molecule has 0 atom stereocenters. The summed E-state index contributed by atoms with van der Waals surface area (Å²) in [6.07, 6.45) is 0.672. The van der Waals surface area contributed by atoms with Gasteiger partial charge in [0.25, 0.3) is 0 Å². The van der Waals surface area contributed by atoms with E-state index < -0.39 is 5.91 Å². The Balaban J connectivity index is 1.42. The lowest BCUT2D eigenvalue weighted by atomic mass is 10.2. The highest BCUT2D eigenvalue weighted by molar-refractivity contribution is 6.30. The zero-order valence-electron chi connectivity index (χ0n) is 17.7. The van der Waals surface area contributed by atoms with Crippen LogP contribution < -0.4 is 9.47 Å². The molecular formula is C25H22ClN3O4. The van der Waals surface area contributed by atoms with Crippen molar-refractivity contribution in [3.05, 3.63) is 83.9 Å². The first-order valence-corrected chi connectivity index (χ1v) is 10.8. The van der Waals surface area contributed by atoms with Crippen molar-refractivity contribution in [2.45, 2.75) is 13.0 Å². The van der Waals surface area contributed by atoms with Crippen molar-refractivity contribution in [2.24, 2.45) is 10.2 Å². The standard InChI is InChI=1S/C25H22ClN3O4/c26-18-11-13-20(14-12-18)33-17-23(30)27-28-24-21-9-4-5-10-22(21)29(25(24)31)15-6-16-32-19-7-2-1-3-8-19/h1-5,7-14,31H,6,15-17H2. The quantitative estimate of drug-likeness (QED) is 0.238. The highest BCUT2D eigenvalue weighted by atomic mass is 35.5. The Kier molecular flexibility index (Phi) is 7.22. The summed E-state index contributed by atoms with van der Waals surface area (Å²) in [4.78, 5) is 12.1. The third-order valence-electron chi connectivity index (χ3n) is 4.89. The fraction of sp³-hybridized carbons (Fsp3) is 0.160. The van der Waals surface area contributed by atoms with Crippen LogP contribution in [-0.2, 0) is 11.3 Å². The van der Waals surface area contributed by atoms with E-state index in [1.54, 1.807) is 28.8 Å². The molecule has 0 radical (unpaired) electrons. The van der Waals surface area contributed by atoms with Gasteiger partial charge in [-0.25, -0.2) is 0 Å². The van der Waals surface area contributed by atoms with E-state index in [0.717, 1.165) is 11.3 Å². The van der Waals surface area contributed by atoms with Crippen LogP contribution in [0, 0.1) is 0 Å². The number of rotatable bonds is 9. The lowest BCUT2D eigenvalue weighted by Gasteiger charge is -2.08. The Labute approximate surface area is 195 Å². The maximum atomic E-state index is 12.1. The third-order valence-corrected chi connectivity index (χ3v) is 5.14. The van der Waals surface area contributed by atoms with Crippen LogP contribution in [-0.4, -0.2) is 28.8 Å². The zero-order chi connectivity index (χ0) is 23.0. The average molecular weight is 464 g/mol. The van der Waals surface area contributed by atoms with Gasteiger partial charge >= 0.3 is 5.91 Å². The van der Waals surface area contributed by atoms with Gasteiger partial charge < -0.3 is 19.1 Å². The molecule has 4 rings (SSSR count). The monoisotopic (exact) mass is 463 g/mol. The molecule has 0 aliphatic carbocycles. The number of nitrogens with zero attached hydrogens (tertiary/aromatic N) is 3. The fourth-order valence-electron chi connectivity index (χ4n) is 3.34. The van der Waals surface area contributed by atoms with Gasteiger partial charge in [0.15, 0.2) is 12.3 Å². The van der Waals surface area contributed by atoms with E-state index in [1.807, 2.05) is 54.6 Å². The number of amides is 1. The van der Waals surface area contributed by atoms with Crippen LogP contribution in [0.1, 0.15) is 6.42 Å². The van der Waals surface area contributed by atoms with Gasteiger partial charge in [0.1, 0.15) is 11.5 Å². The summed E-state index contributed by atoms with van der Waals surface area (Å²) in [5.41, 5.74) is 1.04. The number of ether oxygens (including phenoxy) is 2. The Morgan fingerprint density at radius 2 is 1.61 bits per heavy atom. The number of carbonyl (C=O) groups is 1. The third kappa shape index (κ3) is 5.70. The number of aromatic hydroxyl groups is 1. The molecule has 1 aromatic heterocycles. The minimum Gasteiger partial charge on any atom is -0.494 e. The number of para-hydroxylation sites is 2. The number of fused-ring (bicyclic) bond motifs is 1. The second kappa shape index (κ2) is 10.7. The summed E-state index contributed by atoms with van der Waals surface area (Å²) in [5, 5.41) is 19.8. The molecule has 0 aliphatic rings. The molecule has 0 saturated heterocycles. The van der Waals surface area contributed by atoms with Crippen molar-refractivity contribution in [2.75, 3.05) is 13.2 Å². The summed E-state index contributed by atoms with van der Waals surface area (Å²) in [6, 6.07) is 23.7. The Bertz CT molecular complexity index is 1250. The van der Waals surface area contributed by atoms with Gasteiger partial charge in [-0.1, -0.05) is 48.0 Å². The smallest absolute Gasteiger partial charge is 0.302 e. The van der Waals surface area contributed by atoms with Crippen molar-refractivity contribution >= 4 is 34.1 Å². The molecule has 4 aromatic rings. The fourth-order valence-corrected chi connectivity index (χ4v) is 3.46. The van der Waals surface area contributed by atoms with E-state index >= 15 is 0 Å². The number of benzene rings is 3. The Morgan fingerprint density at radius 3 is 2.39 bits per heavy atom. The number of hydrogen-bond donors (Lipinski definition) is 1. The van der Waals surface area contributed by atoms with Crippen LogP contribution in [0.2, 0.25) is 5.02 Å². The zero-order valence-corrected chi connectivity index (χ0v) is 18.5. The van der Waals surface area contributed by atoms with Gasteiger partial charge in [-0.2, -0.15) is 0 Å². The van der Waals surface area contributed by atoms with Crippen molar-refractivity contribution in [3.8, 4) is 17.4 Å². The molecule has 8 heteroatoms. The molecular weight excluding hydrogens is 442 g/mol. The topological polar surface area (TPSA) is 85.4 Å². The van der Waals surface area contributed by atoms with Gasteiger partial charge in [-0.3, -0.25) is 4.79 Å². The number of aryl methyl sites for hydroxylation is 1. The predicted octanol–water partition coefficient (Wildman–Crippen LogP) is 6.16. The largest absolute Gasteiger partial charge is 0.494 e. The van der Waals surface area contributed by atoms with E-state index in [0.29, 0.717) is 35.7 Å². The van der Waals surface area contributed by atoms with Gasteiger partial charge in [0.05, 0.1) is 12.1 Å². The van der Waals surface area contributed by atoms with Gasteiger partial charge in [0, 0.05) is 17.0 Å². The Morgan fingerprint density at radius 1 is 0.909 bits per heavy atom. The minimum atomic E-state index is -0.572. The van der Waals surface area contributed by atoms with Crippen molar-refractivity contribution in [1.82, 2.24) is 4.57 Å². The molecule has 0 spiro atoms. The molecule has 0 bridgehead atoms. The summed E-state index contributed by atoms with van der Waals surface area (Å²) >= 11 is 5.84. The highest BCUT2D eigenvalue weighted by Crippen LogP contribution is 2.38. The molecule has 0 saturated carbocycles. The van der Waals surface area contributed by atoms with Crippen molar-refractivity contribution in [1.29, 1.82) is 0 Å². The Hall–Kier alpha value is -3.84. The van der Waals surface area contributed by atoms with Gasteiger partial charge in [-0.05, 0) is 48.9 Å². The molecule has 0 fully saturated rings. The molecule has 168 valence electrons. The summed E-state index contributed by atoms with van der Waals surface area (Å²) in [6.45, 7) is 0.733. The van der Waals surface area contributed by atoms with Crippen LogP contribution >= 0.6 is 11.6 Å². The molecule has 0 aliphatic heterocycles. The molecule has 1 N–H and O–H groups in total. The van der Waals surface area contributed by atoms with Crippen molar-refractivity contribution < 1.29 is 19.4 Å².